The van der Waals surface area contributed by atoms with Crippen molar-refractivity contribution in [2.24, 2.45) is 10.7 Å². The molecule has 8 heavy (non-hydrogen) atoms. The smallest absolute Gasteiger partial charge is 0.0855 e. The van der Waals surface area contributed by atoms with Gasteiger partial charge in [0.15, 0.2) is 0 Å². The monoisotopic (exact) mass is 178 g/mol. The summed E-state index contributed by atoms with van der Waals surface area (Å²) >= 11 is 3.37. The molecule has 0 aliphatic heterocycles. The molecule has 0 radical (unpaired) electrons. The average molecular weight is 179 g/mol. The molecule has 0 amide bonds. The van der Waals surface area contributed by atoms with Gasteiger partial charge in [-0.3, -0.25) is 4.99 Å². The second kappa shape index (κ2) is 5.25. The molecular formula is C5H11BrN2. The van der Waals surface area contributed by atoms with Crippen molar-refractivity contribution >= 4 is 22.1 Å². The lowest BCUT2D eigenvalue weighted by Gasteiger charge is -1.93. The topological polar surface area (TPSA) is 38.4 Å². The van der Waals surface area contributed by atoms with E-state index < -0.39 is 0 Å². The molecule has 0 saturated heterocycles. The summed E-state index contributed by atoms with van der Waals surface area (Å²) in [5, 5.41) is 0. The van der Waals surface area contributed by atoms with Gasteiger partial charge < -0.3 is 5.73 Å². The molecule has 3 heteroatoms. The maximum absolute atomic E-state index is 5.11. The summed E-state index contributed by atoms with van der Waals surface area (Å²) in [6, 6.07) is 0. The zero-order valence-corrected chi connectivity index (χ0v) is 6.56. The van der Waals surface area contributed by atoms with E-state index in [1.54, 1.807) is 0 Å². The van der Waals surface area contributed by atoms with Crippen LogP contribution >= 0.6 is 15.9 Å². The highest BCUT2D eigenvalue weighted by Gasteiger charge is 1.90. The number of aliphatic imine (C=N–C) groups is 1. The van der Waals surface area contributed by atoms with Gasteiger partial charge in [-0.1, -0.05) is 22.9 Å². The van der Waals surface area contributed by atoms with E-state index in [-0.39, 0.29) is 0 Å². The molecule has 1 atom stereocenters. The van der Waals surface area contributed by atoms with E-state index in [9.17, 15) is 0 Å². The summed E-state index contributed by atoms with van der Waals surface area (Å²) in [6.45, 7) is 2.48. The maximum Gasteiger partial charge on any atom is 0.0855 e. The van der Waals surface area contributed by atoms with Gasteiger partial charge in [-0.25, -0.2) is 0 Å². The van der Waals surface area contributed by atoms with Gasteiger partial charge in [0.1, 0.15) is 0 Å². The van der Waals surface area contributed by atoms with Crippen LogP contribution in [0.2, 0.25) is 0 Å². The van der Waals surface area contributed by atoms with Crippen molar-refractivity contribution in [2.45, 2.75) is 18.2 Å². The van der Waals surface area contributed by atoms with E-state index in [1.807, 2.05) is 6.21 Å². The lowest BCUT2D eigenvalue weighted by Crippen LogP contribution is -2.00. The Morgan fingerprint density at radius 1 is 1.88 bits per heavy atom. The first kappa shape index (κ1) is 8.11. The minimum Gasteiger partial charge on any atom is -0.312 e. The van der Waals surface area contributed by atoms with Crippen LogP contribution in [0.1, 0.15) is 13.3 Å². The van der Waals surface area contributed by atoms with E-state index in [0.29, 0.717) is 11.5 Å². The van der Waals surface area contributed by atoms with Crippen LogP contribution in [0, 0.1) is 0 Å². The average Bonchev–Trinajstić information content (AvgIpc) is 1.83. The Morgan fingerprint density at radius 3 is 2.88 bits per heavy atom. The molecule has 1 unspecified atom stereocenters. The second-order valence-electron chi connectivity index (χ2n) is 1.44. The van der Waals surface area contributed by atoms with Gasteiger partial charge in [-0.15, -0.1) is 0 Å². The molecule has 0 heterocycles. The summed E-state index contributed by atoms with van der Waals surface area (Å²) in [5.74, 6) is 0. The molecule has 0 fully saturated rings. The molecule has 0 saturated carbocycles. The quantitative estimate of drug-likeness (QED) is 0.512. The minimum absolute atomic E-state index is 0.391. The summed E-state index contributed by atoms with van der Waals surface area (Å²) in [4.78, 5) is 4.24. The number of nitrogens with zero attached hydrogens (tertiary/aromatic N) is 1. The first-order valence-corrected chi connectivity index (χ1v) is 3.57. The summed E-state index contributed by atoms with van der Waals surface area (Å²) in [6.07, 6.45) is 2.88. The van der Waals surface area contributed by atoms with Crippen molar-refractivity contribution in [1.82, 2.24) is 0 Å². The molecule has 0 aromatic carbocycles. The molecule has 0 aliphatic rings. The zero-order valence-electron chi connectivity index (χ0n) is 4.97. The third-order valence-corrected chi connectivity index (χ3v) is 1.65. The molecule has 0 aromatic heterocycles. The Morgan fingerprint density at radius 2 is 2.50 bits per heavy atom. The number of alkyl halides is 1. The largest absolute Gasteiger partial charge is 0.312 e. The lowest BCUT2D eigenvalue weighted by molar-refractivity contribution is 1.01. The summed E-state index contributed by atoms with van der Waals surface area (Å²) in [5.41, 5.74) is 5.11. The highest BCUT2D eigenvalue weighted by atomic mass is 79.9. The van der Waals surface area contributed by atoms with Crippen LogP contribution in [0.15, 0.2) is 4.99 Å². The first-order valence-electron chi connectivity index (χ1n) is 2.65. The molecule has 0 aromatic rings. The second-order valence-corrected chi connectivity index (χ2v) is 2.61. The Kier molecular flexibility index (Phi) is 5.32. The lowest BCUT2D eigenvalue weighted by atomic mass is 10.4. The fourth-order valence-electron chi connectivity index (χ4n) is 0.281. The molecule has 0 rings (SSSR count). The minimum atomic E-state index is 0.391. The molecule has 48 valence electrons. The van der Waals surface area contributed by atoms with Gasteiger partial charge in [0, 0.05) is 11.0 Å². The molecule has 2 N–H and O–H groups in total. The van der Waals surface area contributed by atoms with Gasteiger partial charge in [-0.05, 0) is 6.42 Å². The van der Waals surface area contributed by atoms with E-state index in [2.05, 4.69) is 27.8 Å². The molecule has 0 aliphatic carbocycles. The van der Waals surface area contributed by atoms with Crippen LogP contribution < -0.4 is 5.73 Å². The molecular weight excluding hydrogens is 168 g/mol. The number of rotatable bonds is 3. The van der Waals surface area contributed by atoms with Crippen LogP contribution in [0.4, 0.5) is 0 Å². The highest BCUT2D eigenvalue weighted by Crippen LogP contribution is 1.99. The van der Waals surface area contributed by atoms with E-state index in [4.69, 9.17) is 5.73 Å². The highest BCUT2D eigenvalue weighted by molar-refractivity contribution is 9.09. The van der Waals surface area contributed by atoms with Crippen molar-refractivity contribution in [3.8, 4) is 0 Å². The third kappa shape index (κ3) is 4.27. The Bertz CT molecular complexity index is 72.8. The number of halogens is 1. The number of hydrogen-bond acceptors (Lipinski definition) is 2. The predicted molar refractivity (Wildman–Crippen MR) is 40.6 cm³/mol. The summed E-state index contributed by atoms with van der Waals surface area (Å²) in [7, 11) is 0. The summed E-state index contributed by atoms with van der Waals surface area (Å²) < 4.78 is 0. The van der Waals surface area contributed by atoms with Gasteiger partial charge in [0.05, 0.1) is 6.67 Å². The standard InChI is InChI=1S/C5H11BrN2/c1-2-5(6)3-8-4-7/h3,5H,2,4,7H2,1H3. The third-order valence-electron chi connectivity index (χ3n) is 0.763. The predicted octanol–water partition coefficient (Wildman–Crippen LogP) is 1.15. The first-order chi connectivity index (χ1) is 3.81. The maximum atomic E-state index is 5.11. The van der Waals surface area contributed by atoms with Gasteiger partial charge in [0.2, 0.25) is 0 Å². The van der Waals surface area contributed by atoms with Crippen molar-refractivity contribution in [3.05, 3.63) is 0 Å². The Balaban J connectivity index is 3.21. The van der Waals surface area contributed by atoms with Crippen LogP contribution in [0.3, 0.4) is 0 Å². The van der Waals surface area contributed by atoms with Crippen LogP contribution in [0.25, 0.3) is 0 Å². The van der Waals surface area contributed by atoms with Gasteiger partial charge in [0.25, 0.3) is 0 Å². The SMILES string of the molecule is CCC(Br)C=NCN. The van der Waals surface area contributed by atoms with Crippen molar-refractivity contribution < 1.29 is 0 Å². The van der Waals surface area contributed by atoms with Crippen LogP contribution in [-0.2, 0) is 0 Å². The van der Waals surface area contributed by atoms with Gasteiger partial charge >= 0.3 is 0 Å². The zero-order chi connectivity index (χ0) is 6.41. The van der Waals surface area contributed by atoms with Crippen molar-refractivity contribution in [3.63, 3.8) is 0 Å². The Labute approximate surface area is 58.3 Å². The Hall–Kier alpha value is 0.110. The van der Waals surface area contributed by atoms with Crippen LogP contribution in [-0.4, -0.2) is 17.7 Å². The fraction of sp³-hybridized carbons (Fsp3) is 0.800. The fourth-order valence-corrected chi connectivity index (χ4v) is 0.448. The van der Waals surface area contributed by atoms with E-state index in [1.165, 1.54) is 0 Å². The molecule has 2 nitrogen and oxygen atoms in total. The van der Waals surface area contributed by atoms with E-state index in [0.717, 1.165) is 6.42 Å². The van der Waals surface area contributed by atoms with Gasteiger partial charge in [-0.2, -0.15) is 0 Å². The molecule has 0 spiro atoms. The number of hydrogen-bond donors (Lipinski definition) is 1. The van der Waals surface area contributed by atoms with Crippen molar-refractivity contribution in [2.75, 3.05) is 6.67 Å². The number of nitrogens with two attached hydrogens (primary N) is 1. The van der Waals surface area contributed by atoms with Crippen molar-refractivity contribution in [1.29, 1.82) is 0 Å². The molecule has 0 bridgehead atoms. The van der Waals surface area contributed by atoms with E-state index >= 15 is 0 Å². The normalized spacial score (nSPS) is 14.9. The van der Waals surface area contributed by atoms with Crippen LogP contribution in [0.5, 0.6) is 0 Å².